The van der Waals surface area contributed by atoms with Gasteiger partial charge in [-0.1, -0.05) is 5.21 Å². The first-order valence-electron chi connectivity index (χ1n) is 4.10. The van der Waals surface area contributed by atoms with Crippen LogP contribution in [0.1, 0.15) is 10.5 Å². The van der Waals surface area contributed by atoms with E-state index in [1.54, 1.807) is 13.1 Å². The van der Waals surface area contributed by atoms with Crippen LogP contribution in [0.25, 0.3) is 11.4 Å². The second kappa shape index (κ2) is 3.45. The normalized spacial score (nSPS) is 10.2. The van der Waals surface area contributed by atoms with E-state index in [1.807, 2.05) is 0 Å². The molecule has 2 aromatic heterocycles. The summed E-state index contributed by atoms with van der Waals surface area (Å²) in [5.41, 5.74) is 1.13. The zero-order valence-electron chi connectivity index (χ0n) is 7.82. The van der Waals surface area contributed by atoms with Gasteiger partial charge in [0.2, 0.25) is 0 Å². The minimum atomic E-state index is -1.10. The molecule has 0 amide bonds. The van der Waals surface area contributed by atoms with E-state index in [9.17, 15) is 4.79 Å². The Hall–Kier alpha value is -2.31. The zero-order chi connectivity index (χ0) is 10.8. The smallest absolute Gasteiger partial charge is 0.356 e. The van der Waals surface area contributed by atoms with E-state index >= 15 is 0 Å². The van der Waals surface area contributed by atoms with E-state index in [-0.39, 0.29) is 5.69 Å². The predicted octanol–water partition coefficient (Wildman–Crippen LogP) is -0.0297. The Bertz CT molecular complexity index is 490. The molecule has 0 unspecified atom stereocenters. The van der Waals surface area contributed by atoms with E-state index in [1.165, 1.54) is 16.9 Å². The van der Waals surface area contributed by atoms with Crippen molar-refractivity contribution >= 4 is 5.97 Å². The maximum Gasteiger partial charge on any atom is 0.356 e. The van der Waals surface area contributed by atoms with Gasteiger partial charge in [-0.15, -0.1) is 15.3 Å². The molecule has 7 heteroatoms. The molecule has 0 aliphatic carbocycles. The lowest BCUT2D eigenvalue weighted by Crippen LogP contribution is -2.03. The van der Waals surface area contributed by atoms with E-state index in [0.717, 1.165) is 0 Å². The van der Waals surface area contributed by atoms with Crippen LogP contribution in [0.5, 0.6) is 0 Å². The molecule has 0 fully saturated rings. The molecule has 0 aromatic carbocycles. The van der Waals surface area contributed by atoms with Crippen molar-refractivity contribution in [3.63, 3.8) is 0 Å². The molecule has 7 nitrogen and oxygen atoms in total. The van der Waals surface area contributed by atoms with Gasteiger partial charge in [0.15, 0.2) is 5.69 Å². The summed E-state index contributed by atoms with van der Waals surface area (Å²) in [5.74, 6) is -1.10. The second-order valence-electron chi connectivity index (χ2n) is 2.85. The van der Waals surface area contributed by atoms with Crippen molar-refractivity contribution in [1.82, 2.24) is 25.2 Å². The number of hydrogen-bond acceptors (Lipinski definition) is 5. The van der Waals surface area contributed by atoms with Crippen molar-refractivity contribution in [2.45, 2.75) is 0 Å². The molecular weight excluding hydrogens is 198 g/mol. The van der Waals surface area contributed by atoms with E-state index in [0.29, 0.717) is 11.4 Å². The Morgan fingerprint density at radius 3 is 2.67 bits per heavy atom. The lowest BCUT2D eigenvalue weighted by atomic mass is 10.3. The Kier molecular flexibility index (Phi) is 2.13. The van der Waals surface area contributed by atoms with Crippen LogP contribution in [0.4, 0.5) is 0 Å². The summed E-state index contributed by atoms with van der Waals surface area (Å²) in [5, 5.41) is 23.4. The molecule has 0 aliphatic rings. The van der Waals surface area contributed by atoms with Crippen LogP contribution in [0.15, 0.2) is 18.3 Å². The predicted molar refractivity (Wildman–Crippen MR) is 49.0 cm³/mol. The van der Waals surface area contributed by atoms with Crippen LogP contribution in [-0.2, 0) is 7.05 Å². The van der Waals surface area contributed by atoms with E-state index in [4.69, 9.17) is 5.11 Å². The molecule has 0 spiro atoms. The standard InChI is InChI=1S/C8H7N5O2/c1-13-7(4-9-12-13)5-2-3-6(8(14)15)11-10-5/h2-4H,1H3,(H,14,15). The molecule has 0 bridgehead atoms. The lowest BCUT2D eigenvalue weighted by molar-refractivity contribution is 0.0689. The van der Waals surface area contributed by atoms with Crippen molar-refractivity contribution in [2.24, 2.45) is 7.05 Å². The van der Waals surface area contributed by atoms with Gasteiger partial charge >= 0.3 is 5.97 Å². The highest BCUT2D eigenvalue weighted by atomic mass is 16.4. The molecule has 2 heterocycles. The average molecular weight is 205 g/mol. The zero-order valence-corrected chi connectivity index (χ0v) is 7.82. The monoisotopic (exact) mass is 205 g/mol. The average Bonchev–Trinajstić information content (AvgIpc) is 2.65. The summed E-state index contributed by atoms with van der Waals surface area (Å²) in [6, 6.07) is 2.95. The maximum atomic E-state index is 10.5. The second-order valence-corrected chi connectivity index (χ2v) is 2.85. The quantitative estimate of drug-likeness (QED) is 0.739. The number of aromatic nitrogens is 5. The third-order valence-corrected chi connectivity index (χ3v) is 1.86. The highest BCUT2D eigenvalue weighted by Crippen LogP contribution is 2.12. The van der Waals surface area contributed by atoms with Crippen LogP contribution in [0.2, 0.25) is 0 Å². The summed E-state index contributed by atoms with van der Waals surface area (Å²) < 4.78 is 1.53. The molecule has 0 aliphatic heterocycles. The van der Waals surface area contributed by atoms with Gasteiger partial charge in [0.25, 0.3) is 0 Å². The van der Waals surface area contributed by atoms with Crippen LogP contribution in [0, 0.1) is 0 Å². The van der Waals surface area contributed by atoms with Crippen molar-refractivity contribution < 1.29 is 9.90 Å². The number of carboxylic acids is 1. The van der Waals surface area contributed by atoms with Crippen molar-refractivity contribution in [3.8, 4) is 11.4 Å². The molecule has 0 atom stereocenters. The minimum Gasteiger partial charge on any atom is -0.476 e. The fraction of sp³-hybridized carbons (Fsp3) is 0.125. The SMILES string of the molecule is Cn1nncc1-c1ccc(C(=O)O)nn1. The molecule has 2 aromatic rings. The summed E-state index contributed by atoms with van der Waals surface area (Å²) in [6.45, 7) is 0. The van der Waals surface area contributed by atoms with Gasteiger partial charge in [0, 0.05) is 7.05 Å². The lowest BCUT2D eigenvalue weighted by Gasteiger charge is -1.98. The Morgan fingerprint density at radius 2 is 2.20 bits per heavy atom. The first kappa shape index (κ1) is 9.25. The first-order valence-corrected chi connectivity index (χ1v) is 4.10. The van der Waals surface area contributed by atoms with Crippen LogP contribution >= 0.6 is 0 Å². The van der Waals surface area contributed by atoms with Gasteiger partial charge in [0.05, 0.1) is 6.20 Å². The third-order valence-electron chi connectivity index (χ3n) is 1.86. The first-order chi connectivity index (χ1) is 7.18. The third kappa shape index (κ3) is 1.66. The molecule has 2 rings (SSSR count). The Balaban J connectivity index is 2.40. The molecule has 0 saturated carbocycles. The summed E-state index contributed by atoms with van der Waals surface area (Å²) in [6.07, 6.45) is 1.53. The van der Waals surface area contributed by atoms with Gasteiger partial charge in [-0.2, -0.15) is 0 Å². The van der Waals surface area contributed by atoms with Crippen molar-refractivity contribution in [1.29, 1.82) is 0 Å². The topological polar surface area (TPSA) is 93.8 Å². The number of carboxylic acid groups (broad SMARTS) is 1. The highest BCUT2D eigenvalue weighted by molar-refractivity contribution is 5.85. The Morgan fingerprint density at radius 1 is 1.40 bits per heavy atom. The number of carbonyl (C=O) groups is 1. The maximum absolute atomic E-state index is 10.5. The fourth-order valence-electron chi connectivity index (χ4n) is 1.10. The van der Waals surface area contributed by atoms with Crippen LogP contribution < -0.4 is 0 Å². The number of rotatable bonds is 2. The van der Waals surface area contributed by atoms with Crippen molar-refractivity contribution in [2.75, 3.05) is 0 Å². The highest BCUT2D eigenvalue weighted by Gasteiger charge is 2.08. The summed E-state index contributed by atoms with van der Waals surface area (Å²) in [7, 11) is 1.72. The number of aryl methyl sites for hydroxylation is 1. The van der Waals surface area contributed by atoms with Crippen LogP contribution in [0.3, 0.4) is 0 Å². The van der Waals surface area contributed by atoms with Gasteiger partial charge < -0.3 is 5.11 Å². The van der Waals surface area contributed by atoms with Crippen LogP contribution in [-0.4, -0.2) is 36.3 Å². The number of nitrogens with zero attached hydrogens (tertiary/aromatic N) is 5. The Labute approximate surface area is 84.4 Å². The van der Waals surface area contributed by atoms with Crippen molar-refractivity contribution in [3.05, 3.63) is 24.0 Å². The van der Waals surface area contributed by atoms with Gasteiger partial charge in [-0.25, -0.2) is 9.48 Å². The summed E-state index contributed by atoms with van der Waals surface area (Å²) >= 11 is 0. The fourth-order valence-corrected chi connectivity index (χ4v) is 1.10. The number of hydrogen-bond donors (Lipinski definition) is 1. The minimum absolute atomic E-state index is 0.0890. The van der Waals surface area contributed by atoms with E-state index < -0.39 is 5.97 Å². The molecule has 1 N–H and O–H groups in total. The molecule has 15 heavy (non-hydrogen) atoms. The van der Waals surface area contributed by atoms with Gasteiger partial charge in [-0.3, -0.25) is 0 Å². The van der Waals surface area contributed by atoms with E-state index in [2.05, 4.69) is 20.5 Å². The summed E-state index contributed by atoms with van der Waals surface area (Å²) in [4.78, 5) is 10.5. The molecular formula is C8H7N5O2. The number of aromatic carboxylic acids is 1. The molecule has 0 radical (unpaired) electrons. The largest absolute Gasteiger partial charge is 0.476 e. The molecule has 76 valence electrons. The van der Waals surface area contributed by atoms with Gasteiger partial charge in [-0.05, 0) is 12.1 Å². The molecule has 0 saturated heterocycles. The van der Waals surface area contributed by atoms with Gasteiger partial charge in [0.1, 0.15) is 11.4 Å².